The zero-order chi connectivity index (χ0) is 14.8. The van der Waals surface area contributed by atoms with Crippen LogP contribution in [-0.4, -0.2) is 36.9 Å². The van der Waals surface area contributed by atoms with Gasteiger partial charge >= 0.3 is 0 Å². The lowest BCUT2D eigenvalue weighted by molar-refractivity contribution is -0.140. The van der Waals surface area contributed by atoms with Crippen LogP contribution < -0.4 is 16.0 Å². The Kier molecular flexibility index (Phi) is 4.42. The van der Waals surface area contributed by atoms with Crippen LogP contribution in [0, 0.1) is 11.3 Å². The van der Waals surface area contributed by atoms with E-state index < -0.39 is 17.4 Å². The molecule has 2 unspecified atom stereocenters. The Bertz CT molecular complexity index is 414. The van der Waals surface area contributed by atoms with Gasteiger partial charge in [-0.3, -0.25) is 19.7 Å². The number of hydrogen-bond donors (Lipinski definition) is 3. The van der Waals surface area contributed by atoms with Crippen molar-refractivity contribution in [3.05, 3.63) is 0 Å². The Morgan fingerprint density at radius 3 is 2.65 bits per heavy atom. The molecule has 0 aromatic heterocycles. The molecule has 0 spiro atoms. The molecule has 0 bridgehead atoms. The predicted molar refractivity (Wildman–Crippen MR) is 73.7 cm³/mol. The lowest BCUT2D eigenvalue weighted by atomic mass is 9.74. The van der Waals surface area contributed by atoms with Gasteiger partial charge in [-0.25, -0.2) is 0 Å². The van der Waals surface area contributed by atoms with E-state index in [1.54, 1.807) is 0 Å². The Morgan fingerprint density at radius 2 is 2.05 bits per heavy atom. The van der Waals surface area contributed by atoms with Gasteiger partial charge in [0.2, 0.25) is 17.7 Å². The van der Waals surface area contributed by atoms with Gasteiger partial charge in [-0.2, -0.15) is 0 Å². The summed E-state index contributed by atoms with van der Waals surface area (Å²) in [6, 6.07) is -0.587. The maximum Gasteiger partial charge on any atom is 0.249 e. The number of carbonyl (C=O) groups excluding carboxylic acids is 3. The third-order valence-electron chi connectivity index (χ3n) is 4.45. The smallest absolute Gasteiger partial charge is 0.249 e. The highest BCUT2D eigenvalue weighted by atomic mass is 16.2. The first-order chi connectivity index (χ1) is 9.41. The van der Waals surface area contributed by atoms with E-state index in [-0.39, 0.29) is 24.2 Å². The molecule has 0 aromatic rings. The summed E-state index contributed by atoms with van der Waals surface area (Å²) in [4.78, 5) is 35.2. The summed E-state index contributed by atoms with van der Waals surface area (Å²) in [6.07, 6.45) is 2.75. The van der Waals surface area contributed by atoms with Gasteiger partial charge in [-0.1, -0.05) is 13.8 Å². The normalized spacial score (nSPS) is 27.9. The molecule has 6 heteroatoms. The third-order valence-corrected chi connectivity index (χ3v) is 4.45. The van der Waals surface area contributed by atoms with Crippen LogP contribution in [0.15, 0.2) is 0 Å². The van der Waals surface area contributed by atoms with Gasteiger partial charge in [0.15, 0.2) is 0 Å². The predicted octanol–water partition coefficient (Wildman–Crippen LogP) is -0.0664. The molecule has 2 aliphatic rings. The summed E-state index contributed by atoms with van der Waals surface area (Å²) in [5.41, 5.74) is -0.519. The minimum absolute atomic E-state index is 0.110. The van der Waals surface area contributed by atoms with Crippen molar-refractivity contribution >= 4 is 17.7 Å². The molecule has 3 amide bonds. The first-order valence-corrected chi connectivity index (χ1v) is 7.26. The largest absolute Gasteiger partial charge is 0.344 e. The van der Waals surface area contributed by atoms with Crippen LogP contribution in [0.4, 0.5) is 0 Å². The topological polar surface area (TPSA) is 87.3 Å². The van der Waals surface area contributed by atoms with Crippen LogP contribution in [0.2, 0.25) is 0 Å². The van der Waals surface area contributed by atoms with Crippen molar-refractivity contribution in [2.45, 2.75) is 45.6 Å². The molecule has 3 N–H and O–H groups in total. The quantitative estimate of drug-likeness (QED) is 0.632. The molecule has 2 saturated heterocycles. The zero-order valence-electron chi connectivity index (χ0n) is 12.1. The van der Waals surface area contributed by atoms with E-state index in [9.17, 15) is 14.4 Å². The van der Waals surface area contributed by atoms with Crippen molar-refractivity contribution in [2.24, 2.45) is 11.3 Å². The van der Waals surface area contributed by atoms with E-state index in [1.807, 2.05) is 13.8 Å². The van der Waals surface area contributed by atoms with E-state index >= 15 is 0 Å². The zero-order valence-corrected chi connectivity index (χ0v) is 12.1. The minimum atomic E-state index is -0.587. The minimum Gasteiger partial charge on any atom is -0.344 e. The van der Waals surface area contributed by atoms with Crippen molar-refractivity contribution in [1.82, 2.24) is 16.0 Å². The highest BCUT2D eigenvalue weighted by molar-refractivity contribution is 6.02. The number of piperidine rings is 2. The van der Waals surface area contributed by atoms with Gasteiger partial charge in [0, 0.05) is 11.8 Å². The van der Waals surface area contributed by atoms with Gasteiger partial charge in [-0.05, 0) is 38.3 Å². The standard InChI is InChI=1S/C14H23N3O3/c1-14(2,9-4-3-7-15-8-9)13(20)16-10-5-6-11(18)17-12(10)19/h9-10,15H,3-8H2,1-2H3,(H,16,20)(H,17,18,19). The molecule has 6 nitrogen and oxygen atoms in total. The third kappa shape index (κ3) is 3.17. The van der Waals surface area contributed by atoms with E-state index in [2.05, 4.69) is 16.0 Å². The Labute approximate surface area is 119 Å². The highest BCUT2D eigenvalue weighted by Crippen LogP contribution is 2.32. The fourth-order valence-corrected chi connectivity index (χ4v) is 2.83. The van der Waals surface area contributed by atoms with Gasteiger partial charge in [0.1, 0.15) is 6.04 Å². The molecule has 20 heavy (non-hydrogen) atoms. The van der Waals surface area contributed by atoms with Crippen molar-refractivity contribution in [2.75, 3.05) is 13.1 Å². The number of amides is 3. The van der Waals surface area contributed by atoms with Crippen molar-refractivity contribution in [1.29, 1.82) is 0 Å². The van der Waals surface area contributed by atoms with Crippen molar-refractivity contribution in [3.63, 3.8) is 0 Å². The first kappa shape index (κ1) is 15.0. The molecule has 2 aliphatic heterocycles. The lowest BCUT2D eigenvalue weighted by Gasteiger charge is -2.37. The molecule has 0 saturated carbocycles. The molecule has 112 valence electrons. The van der Waals surface area contributed by atoms with Gasteiger partial charge in [0.05, 0.1) is 0 Å². The lowest BCUT2D eigenvalue weighted by Crippen LogP contribution is -2.56. The Hall–Kier alpha value is -1.43. The van der Waals surface area contributed by atoms with Crippen LogP contribution >= 0.6 is 0 Å². The van der Waals surface area contributed by atoms with Crippen LogP contribution in [0.25, 0.3) is 0 Å². The fourth-order valence-electron chi connectivity index (χ4n) is 2.83. The van der Waals surface area contributed by atoms with Gasteiger partial charge in [0.25, 0.3) is 0 Å². The van der Waals surface area contributed by atoms with E-state index in [4.69, 9.17) is 0 Å². The molecule has 0 radical (unpaired) electrons. The number of hydrogen-bond acceptors (Lipinski definition) is 4. The van der Waals surface area contributed by atoms with Crippen LogP contribution in [0.3, 0.4) is 0 Å². The van der Waals surface area contributed by atoms with E-state index in [0.29, 0.717) is 6.42 Å². The summed E-state index contributed by atoms with van der Waals surface area (Å²) in [7, 11) is 0. The van der Waals surface area contributed by atoms with Gasteiger partial charge in [-0.15, -0.1) is 0 Å². The van der Waals surface area contributed by atoms with Crippen LogP contribution in [-0.2, 0) is 14.4 Å². The summed E-state index contributed by atoms with van der Waals surface area (Å²) >= 11 is 0. The summed E-state index contributed by atoms with van der Waals surface area (Å²) in [5, 5.41) is 8.37. The summed E-state index contributed by atoms with van der Waals surface area (Å²) in [5.74, 6) is -0.506. The second-order valence-electron chi connectivity index (χ2n) is 6.24. The van der Waals surface area contributed by atoms with Crippen molar-refractivity contribution in [3.8, 4) is 0 Å². The molecular formula is C14H23N3O3. The summed E-state index contributed by atoms with van der Waals surface area (Å²) < 4.78 is 0. The average molecular weight is 281 g/mol. The molecule has 2 rings (SSSR count). The Balaban J connectivity index is 1.96. The van der Waals surface area contributed by atoms with E-state index in [1.165, 1.54) is 0 Å². The maximum atomic E-state index is 12.5. The average Bonchev–Trinajstić information content (AvgIpc) is 2.42. The number of carbonyl (C=O) groups is 3. The first-order valence-electron chi connectivity index (χ1n) is 7.26. The molecule has 2 atom stereocenters. The van der Waals surface area contributed by atoms with E-state index in [0.717, 1.165) is 25.9 Å². The highest BCUT2D eigenvalue weighted by Gasteiger charge is 2.39. The maximum absolute atomic E-state index is 12.5. The molecule has 2 fully saturated rings. The second kappa shape index (κ2) is 5.91. The SMILES string of the molecule is CC(C)(C(=O)NC1CCC(=O)NC1=O)C1CCCNC1. The second-order valence-corrected chi connectivity index (χ2v) is 6.24. The van der Waals surface area contributed by atoms with Crippen LogP contribution in [0.1, 0.15) is 39.5 Å². The fraction of sp³-hybridized carbons (Fsp3) is 0.786. The molecular weight excluding hydrogens is 258 g/mol. The molecule has 0 aliphatic carbocycles. The van der Waals surface area contributed by atoms with Gasteiger partial charge < -0.3 is 10.6 Å². The summed E-state index contributed by atoms with van der Waals surface area (Å²) in [6.45, 7) is 5.68. The molecule has 2 heterocycles. The Morgan fingerprint density at radius 1 is 1.30 bits per heavy atom. The number of imide groups is 1. The number of rotatable bonds is 3. The number of nitrogens with one attached hydrogen (secondary N) is 3. The van der Waals surface area contributed by atoms with Crippen LogP contribution in [0.5, 0.6) is 0 Å². The van der Waals surface area contributed by atoms with Crippen molar-refractivity contribution < 1.29 is 14.4 Å². The molecule has 0 aromatic carbocycles. The monoisotopic (exact) mass is 281 g/mol.